The molecule has 1 aliphatic carbocycles. The number of nitrogens with zero attached hydrogens (tertiary/aromatic N) is 1. The molecule has 3 atom stereocenters. The van der Waals surface area contributed by atoms with E-state index in [2.05, 4.69) is 82.4 Å². The van der Waals surface area contributed by atoms with Gasteiger partial charge in [-0.1, -0.05) is 71.7 Å². The van der Waals surface area contributed by atoms with Crippen molar-refractivity contribution in [2.75, 3.05) is 6.54 Å². The highest BCUT2D eigenvalue weighted by Gasteiger charge is 2.56. The van der Waals surface area contributed by atoms with Crippen molar-refractivity contribution in [3.05, 3.63) is 70.2 Å². The van der Waals surface area contributed by atoms with Gasteiger partial charge in [0.1, 0.15) is 5.60 Å². The summed E-state index contributed by atoms with van der Waals surface area (Å²) in [4.78, 5) is 15.4. The largest absolute Gasteiger partial charge is 0.444 e. The average molecular weight is 470 g/mol. The zero-order chi connectivity index (χ0) is 21.5. The summed E-state index contributed by atoms with van der Waals surface area (Å²) in [6, 6.07) is 19.5. The van der Waals surface area contributed by atoms with E-state index < -0.39 is 5.60 Å². The van der Waals surface area contributed by atoms with Crippen LogP contribution in [-0.2, 0) is 10.2 Å². The van der Waals surface area contributed by atoms with Crippen LogP contribution < -0.4 is 0 Å². The van der Waals surface area contributed by atoms with E-state index in [1.165, 1.54) is 30.4 Å². The summed E-state index contributed by atoms with van der Waals surface area (Å²) >= 11 is 3.57. The molecule has 3 nitrogen and oxygen atoms in total. The smallest absolute Gasteiger partial charge is 0.410 e. The highest BCUT2D eigenvalue weighted by molar-refractivity contribution is 9.10. The van der Waals surface area contributed by atoms with Crippen LogP contribution in [0.5, 0.6) is 0 Å². The van der Waals surface area contributed by atoms with Crippen LogP contribution in [-0.4, -0.2) is 29.2 Å². The maximum atomic E-state index is 13.4. The first-order valence-electron chi connectivity index (χ1n) is 11.0. The summed E-state index contributed by atoms with van der Waals surface area (Å²) in [7, 11) is 0. The fourth-order valence-corrected chi connectivity index (χ4v) is 5.52. The highest BCUT2D eigenvalue weighted by Crippen LogP contribution is 2.54. The van der Waals surface area contributed by atoms with Gasteiger partial charge in [-0.2, -0.15) is 0 Å². The van der Waals surface area contributed by atoms with E-state index in [1.807, 2.05) is 20.8 Å². The standard InChI is InChI=1S/C26H32BrNO2/c1-25(2,3)30-24(29)28-17-26(4,20-13-15-21(27)16-14-20)22(18-9-6-5-7-10-18)23(28)19-11-8-12-19/h5-7,9-10,13-16,19,22-23H,8,11-12,17H2,1-4H3/t22-,23?,26-/m0/s1. The molecular formula is C26H32BrNO2. The van der Waals surface area contributed by atoms with Crippen LogP contribution in [0.3, 0.4) is 0 Å². The molecule has 1 aliphatic heterocycles. The molecular weight excluding hydrogens is 438 g/mol. The minimum Gasteiger partial charge on any atom is -0.444 e. The van der Waals surface area contributed by atoms with E-state index in [-0.39, 0.29) is 23.5 Å². The van der Waals surface area contributed by atoms with Crippen molar-refractivity contribution >= 4 is 22.0 Å². The maximum Gasteiger partial charge on any atom is 0.410 e. The highest BCUT2D eigenvalue weighted by atomic mass is 79.9. The summed E-state index contributed by atoms with van der Waals surface area (Å²) < 4.78 is 6.96. The summed E-state index contributed by atoms with van der Waals surface area (Å²) in [6.45, 7) is 8.83. The molecule has 160 valence electrons. The lowest BCUT2D eigenvalue weighted by Gasteiger charge is -2.41. The van der Waals surface area contributed by atoms with Gasteiger partial charge in [0, 0.05) is 28.4 Å². The average Bonchev–Trinajstić information content (AvgIpc) is 2.94. The van der Waals surface area contributed by atoms with Crippen LogP contribution >= 0.6 is 15.9 Å². The van der Waals surface area contributed by atoms with Crippen molar-refractivity contribution in [3.8, 4) is 0 Å². The van der Waals surface area contributed by atoms with Crippen LogP contribution in [0.2, 0.25) is 0 Å². The first-order valence-corrected chi connectivity index (χ1v) is 11.8. The molecule has 30 heavy (non-hydrogen) atoms. The molecule has 1 heterocycles. The zero-order valence-electron chi connectivity index (χ0n) is 18.4. The molecule has 0 radical (unpaired) electrons. The topological polar surface area (TPSA) is 29.5 Å². The van der Waals surface area contributed by atoms with Crippen LogP contribution in [0.4, 0.5) is 4.79 Å². The number of hydrogen-bond acceptors (Lipinski definition) is 2. The van der Waals surface area contributed by atoms with Crippen molar-refractivity contribution in [1.29, 1.82) is 0 Å². The Kier molecular flexibility index (Phi) is 5.73. The summed E-state index contributed by atoms with van der Waals surface area (Å²) in [6.07, 6.45) is 3.44. The number of amides is 1. The predicted molar refractivity (Wildman–Crippen MR) is 125 cm³/mol. The van der Waals surface area contributed by atoms with Crippen LogP contribution in [0, 0.1) is 5.92 Å². The third-order valence-corrected chi connectivity index (χ3v) is 7.34. The first-order chi connectivity index (χ1) is 14.2. The number of benzene rings is 2. The number of rotatable bonds is 3. The summed E-state index contributed by atoms with van der Waals surface area (Å²) in [5, 5.41) is 0. The fourth-order valence-electron chi connectivity index (χ4n) is 5.26. The fraction of sp³-hybridized carbons (Fsp3) is 0.500. The Labute approximate surface area is 188 Å². The monoisotopic (exact) mass is 469 g/mol. The van der Waals surface area contributed by atoms with Gasteiger partial charge in [-0.15, -0.1) is 0 Å². The Hall–Kier alpha value is -1.81. The van der Waals surface area contributed by atoms with Gasteiger partial charge >= 0.3 is 6.09 Å². The van der Waals surface area contributed by atoms with Gasteiger partial charge in [-0.05, 0) is 62.8 Å². The molecule has 0 N–H and O–H groups in total. The van der Waals surface area contributed by atoms with E-state index in [1.54, 1.807) is 0 Å². The van der Waals surface area contributed by atoms with Gasteiger partial charge in [0.25, 0.3) is 0 Å². The molecule has 4 heteroatoms. The maximum absolute atomic E-state index is 13.4. The molecule has 0 spiro atoms. The van der Waals surface area contributed by atoms with E-state index in [0.717, 1.165) is 4.47 Å². The number of carbonyl (C=O) groups is 1. The molecule has 2 aliphatic rings. The number of hydrogen-bond donors (Lipinski definition) is 0. The van der Waals surface area contributed by atoms with Crippen LogP contribution in [0.15, 0.2) is 59.1 Å². The number of likely N-dealkylation sites (tertiary alicyclic amines) is 1. The van der Waals surface area contributed by atoms with Gasteiger partial charge in [-0.25, -0.2) is 4.79 Å². The van der Waals surface area contributed by atoms with Crippen molar-refractivity contribution in [2.24, 2.45) is 5.92 Å². The number of ether oxygens (including phenoxy) is 1. The molecule has 2 aromatic rings. The zero-order valence-corrected chi connectivity index (χ0v) is 20.0. The van der Waals surface area contributed by atoms with Gasteiger partial charge in [0.2, 0.25) is 0 Å². The van der Waals surface area contributed by atoms with Gasteiger partial charge in [-0.3, -0.25) is 0 Å². The Bertz CT molecular complexity index is 885. The molecule has 2 aromatic carbocycles. The van der Waals surface area contributed by atoms with Crippen LogP contribution in [0.25, 0.3) is 0 Å². The van der Waals surface area contributed by atoms with E-state index in [9.17, 15) is 4.79 Å². The lowest BCUT2D eigenvalue weighted by atomic mass is 9.64. The minimum absolute atomic E-state index is 0.157. The lowest BCUT2D eigenvalue weighted by molar-refractivity contribution is 0.0112. The molecule has 2 fully saturated rings. The van der Waals surface area contributed by atoms with Gasteiger partial charge in [0.15, 0.2) is 0 Å². The van der Waals surface area contributed by atoms with Crippen molar-refractivity contribution in [1.82, 2.24) is 4.90 Å². The molecule has 0 bridgehead atoms. The Morgan fingerprint density at radius 3 is 2.23 bits per heavy atom. The SMILES string of the molecule is CC(C)(C)OC(=O)N1C[C@@](C)(c2ccc(Br)cc2)[C@@H](c2ccccc2)C1C1CCC1. The Balaban J connectivity index is 1.81. The van der Waals surface area contributed by atoms with Crippen molar-refractivity contribution < 1.29 is 9.53 Å². The lowest BCUT2D eigenvalue weighted by Crippen LogP contribution is -2.46. The molecule has 0 aromatic heterocycles. The van der Waals surface area contributed by atoms with E-state index in [4.69, 9.17) is 4.74 Å². The van der Waals surface area contributed by atoms with Crippen molar-refractivity contribution in [3.63, 3.8) is 0 Å². The molecule has 1 amide bonds. The molecule has 1 unspecified atom stereocenters. The summed E-state index contributed by atoms with van der Waals surface area (Å²) in [5.41, 5.74) is 1.90. The quantitative estimate of drug-likeness (QED) is 0.488. The van der Waals surface area contributed by atoms with Gasteiger partial charge < -0.3 is 9.64 Å². The third-order valence-electron chi connectivity index (χ3n) is 6.81. The normalized spacial score (nSPS) is 27.0. The van der Waals surface area contributed by atoms with Gasteiger partial charge in [0.05, 0.1) is 0 Å². The van der Waals surface area contributed by atoms with Crippen molar-refractivity contribution in [2.45, 2.75) is 69.9 Å². The number of halogens is 1. The third kappa shape index (κ3) is 4.03. The second kappa shape index (κ2) is 8.03. The number of carbonyl (C=O) groups excluding carboxylic acids is 1. The minimum atomic E-state index is -0.500. The van der Waals surface area contributed by atoms with Crippen LogP contribution in [0.1, 0.15) is 64.0 Å². The molecule has 4 rings (SSSR count). The second-order valence-electron chi connectivity index (χ2n) is 10.1. The Morgan fingerprint density at radius 1 is 1.07 bits per heavy atom. The van der Waals surface area contributed by atoms with E-state index >= 15 is 0 Å². The molecule has 1 saturated heterocycles. The first kappa shape index (κ1) is 21.4. The second-order valence-corrected chi connectivity index (χ2v) is 11.0. The summed E-state index contributed by atoms with van der Waals surface area (Å²) in [5.74, 6) is 0.762. The van der Waals surface area contributed by atoms with E-state index in [0.29, 0.717) is 12.5 Å². The molecule has 1 saturated carbocycles. The Morgan fingerprint density at radius 2 is 1.70 bits per heavy atom. The predicted octanol–water partition coefficient (Wildman–Crippen LogP) is 6.91.